The van der Waals surface area contributed by atoms with E-state index in [2.05, 4.69) is 38.1 Å². The van der Waals surface area contributed by atoms with Crippen molar-refractivity contribution < 1.29 is 19.1 Å². The fourth-order valence-electron chi connectivity index (χ4n) is 4.91. The van der Waals surface area contributed by atoms with Crippen molar-refractivity contribution in [2.45, 2.75) is 43.7 Å². The lowest BCUT2D eigenvalue weighted by Crippen LogP contribution is -2.54. The molecule has 1 saturated carbocycles. The van der Waals surface area contributed by atoms with Gasteiger partial charge in [0.2, 0.25) is 11.8 Å². The number of aromatic amines is 1. The molecule has 212 valence electrons. The van der Waals surface area contributed by atoms with Gasteiger partial charge in [0.25, 0.3) is 0 Å². The van der Waals surface area contributed by atoms with Crippen molar-refractivity contribution in [2.75, 3.05) is 33.2 Å². The topological polar surface area (TPSA) is 128 Å². The lowest BCUT2D eigenvalue weighted by molar-refractivity contribution is -0.137. The van der Waals surface area contributed by atoms with E-state index in [0.29, 0.717) is 25.3 Å². The second-order valence-electron chi connectivity index (χ2n) is 10.2. The number of hydrogen-bond donors (Lipinski definition) is 4. The van der Waals surface area contributed by atoms with E-state index < -0.39 is 12.1 Å². The van der Waals surface area contributed by atoms with Crippen molar-refractivity contribution in [1.82, 2.24) is 30.8 Å². The second kappa shape index (κ2) is 14.3. The minimum Gasteiger partial charge on any atom is -0.445 e. The highest BCUT2D eigenvalue weighted by Crippen LogP contribution is 2.43. The Kier molecular flexibility index (Phi) is 10.3. The molecule has 1 heterocycles. The molecule has 1 atom stereocenters. The van der Waals surface area contributed by atoms with E-state index in [0.717, 1.165) is 24.8 Å². The fourth-order valence-corrected chi connectivity index (χ4v) is 4.91. The van der Waals surface area contributed by atoms with Crippen LogP contribution in [0.15, 0.2) is 73.2 Å². The highest BCUT2D eigenvalue weighted by Gasteiger charge is 2.39. The van der Waals surface area contributed by atoms with Gasteiger partial charge in [-0.05, 0) is 31.0 Å². The molecular formula is C30H38N6O4. The van der Waals surface area contributed by atoms with Crippen LogP contribution in [-0.2, 0) is 32.8 Å². The Bertz CT molecular complexity index is 1220. The number of carbonyl (C=O) groups is 3. The Morgan fingerprint density at radius 3 is 2.42 bits per heavy atom. The zero-order valence-corrected chi connectivity index (χ0v) is 22.9. The zero-order valence-electron chi connectivity index (χ0n) is 22.9. The van der Waals surface area contributed by atoms with E-state index in [4.69, 9.17) is 4.74 Å². The summed E-state index contributed by atoms with van der Waals surface area (Å²) in [5.41, 5.74) is 2.60. The molecule has 4 rings (SSSR count). The van der Waals surface area contributed by atoms with Crippen LogP contribution in [0, 0.1) is 0 Å². The van der Waals surface area contributed by atoms with E-state index in [9.17, 15) is 14.4 Å². The SMILES string of the molecule is CNCCN(CC(=O)NCC1(c2ccccc2)CCC1)C(=O)[C@H](Cc1c[nH]cn1)NC(=O)OCc1ccccc1. The summed E-state index contributed by atoms with van der Waals surface area (Å²) in [5, 5.41) is 8.79. The Labute approximate surface area is 234 Å². The van der Waals surface area contributed by atoms with Gasteiger partial charge in [0.15, 0.2) is 0 Å². The summed E-state index contributed by atoms with van der Waals surface area (Å²) in [6, 6.07) is 18.6. The van der Waals surface area contributed by atoms with Crippen molar-refractivity contribution in [3.8, 4) is 0 Å². The molecule has 3 amide bonds. The van der Waals surface area contributed by atoms with Crippen LogP contribution in [0.4, 0.5) is 4.79 Å². The Morgan fingerprint density at radius 1 is 1.07 bits per heavy atom. The number of alkyl carbamates (subject to hydrolysis) is 1. The third-order valence-corrected chi connectivity index (χ3v) is 7.37. The third kappa shape index (κ3) is 7.92. The normalized spacial score (nSPS) is 14.4. The maximum absolute atomic E-state index is 13.7. The van der Waals surface area contributed by atoms with Crippen molar-refractivity contribution >= 4 is 17.9 Å². The van der Waals surface area contributed by atoms with Crippen LogP contribution in [-0.4, -0.2) is 72.0 Å². The van der Waals surface area contributed by atoms with Gasteiger partial charge in [-0.15, -0.1) is 0 Å². The van der Waals surface area contributed by atoms with Crippen molar-refractivity contribution in [1.29, 1.82) is 0 Å². The van der Waals surface area contributed by atoms with E-state index >= 15 is 0 Å². The number of H-pyrrole nitrogens is 1. The van der Waals surface area contributed by atoms with E-state index in [1.807, 2.05) is 48.5 Å². The summed E-state index contributed by atoms with van der Waals surface area (Å²) < 4.78 is 5.37. The fraction of sp³-hybridized carbons (Fsp3) is 0.400. The predicted octanol–water partition coefficient (Wildman–Crippen LogP) is 2.53. The first kappa shape index (κ1) is 28.8. The number of nitrogens with one attached hydrogen (secondary N) is 4. The van der Waals surface area contributed by atoms with Gasteiger partial charge in [0.1, 0.15) is 12.6 Å². The number of rotatable bonds is 14. The number of carbonyl (C=O) groups excluding carboxylic acids is 3. The molecule has 0 radical (unpaired) electrons. The van der Waals surface area contributed by atoms with Crippen LogP contribution < -0.4 is 16.0 Å². The standard InChI is InChI=1S/C30H38N6O4/c1-31-15-16-36(19-27(37)33-21-30(13-8-14-30)24-11-6-3-7-12-24)28(38)26(17-25-18-32-22-34-25)35-29(39)40-20-23-9-4-2-5-10-23/h2-7,9-12,18,22,26,31H,8,13-17,19-21H2,1H3,(H,32,34)(H,33,37)(H,35,39)/t26-/m0/s1. The van der Waals surface area contributed by atoms with Crippen molar-refractivity contribution in [3.63, 3.8) is 0 Å². The zero-order chi connectivity index (χ0) is 28.2. The number of nitrogens with zero attached hydrogens (tertiary/aromatic N) is 2. The number of ether oxygens (including phenoxy) is 1. The molecule has 10 heteroatoms. The minimum atomic E-state index is -0.960. The first-order valence-corrected chi connectivity index (χ1v) is 13.7. The first-order valence-electron chi connectivity index (χ1n) is 13.7. The maximum Gasteiger partial charge on any atom is 0.408 e. The van der Waals surface area contributed by atoms with Gasteiger partial charge in [-0.25, -0.2) is 9.78 Å². The molecule has 4 N–H and O–H groups in total. The Morgan fingerprint density at radius 2 is 1.80 bits per heavy atom. The number of benzene rings is 2. The molecule has 0 unspecified atom stereocenters. The number of amides is 3. The summed E-state index contributed by atoms with van der Waals surface area (Å²) in [4.78, 5) is 48.1. The molecule has 1 aliphatic carbocycles. The molecule has 3 aromatic rings. The highest BCUT2D eigenvalue weighted by atomic mass is 16.5. The molecule has 0 aliphatic heterocycles. The van der Waals surface area contributed by atoms with E-state index in [1.54, 1.807) is 13.2 Å². The van der Waals surface area contributed by atoms with Crippen LogP contribution in [0.1, 0.15) is 36.1 Å². The molecule has 0 saturated heterocycles. The van der Waals surface area contributed by atoms with Gasteiger partial charge >= 0.3 is 6.09 Å². The predicted molar refractivity (Wildman–Crippen MR) is 151 cm³/mol. The van der Waals surface area contributed by atoms with Crippen LogP contribution >= 0.6 is 0 Å². The second-order valence-corrected chi connectivity index (χ2v) is 10.2. The molecule has 0 spiro atoms. The summed E-state index contributed by atoms with van der Waals surface area (Å²) in [6.07, 6.45) is 5.77. The summed E-state index contributed by atoms with van der Waals surface area (Å²) in [6.45, 7) is 1.25. The van der Waals surface area contributed by atoms with E-state index in [1.165, 1.54) is 16.8 Å². The third-order valence-electron chi connectivity index (χ3n) is 7.37. The quantitative estimate of drug-likeness (QED) is 0.246. The van der Waals surface area contributed by atoms with Crippen molar-refractivity contribution in [2.24, 2.45) is 0 Å². The Hall–Kier alpha value is -4.18. The molecule has 1 fully saturated rings. The summed E-state index contributed by atoms with van der Waals surface area (Å²) in [5.74, 6) is -0.622. The minimum absolute atomic E-state index is 0.0662. The maximum atomic E-state index is 13.7. The van der Waals surface area contributed by atoms with Crippen LogP contribution in [0.5, 0.6) is 0 Å². The Balaban J connectivity index is 1.40. The average molecular weight is 547 g/mol. The summed E-state index contributed by atoms with van der Waals surface area (Å²) in [7, 11) is 1.78. The number of aromatic nitrogens is 2. The van der Waals surface area contributed by atoms with Gasteiger partial charge < -0.3 is 30.6 Å². The van der Waals surface area contributed by atoms with E-state index in [-0.39, 0.29) is 36.8 Å². The van der Waals surface area contributed by atoms with Crippen LogP contribution in [0.3, 0.4) is 0 Å². The molecule has 1 aromatic heterocycles. The van der Waals surface area contributed by atoms with Crippen LogP contribution in [0.25, 0.3) is 0 Å². The lowest BCUT2D eigenvalue weighted by Gasteiger charge is -2.42. The smallest absolute Gasteiger partial charge is 0.408 e. The van der Waals surface area contributed by atoms with Gasteiger partial charge in [-0.3, -0.25) is 9.59 Å². The number of imidazole rings is 1. The van der Waals surface area contributed by atoms with Crippen LogP contribution in [0.2, 0.25) is 0 Å². The molecule has 2 aromatic carbocycles. The average Bonchev–Trinajstić information content (AvgIpc) is 3.47. The molecule has 10 nitrogen and oxygen atoms in total. The van der Waals surface area contributed by atoms with Gasteiger partial charge in [-0.2, -0.15) is 0 Å². The lowest BCUT2D eigenvalue weighted by atomic mass is 9.64. The van der Waals surface area contributed by atoms with Gasteiger partial charge in [0, 0.05) is 37.7 Å². The molecular weight excluding hydrogens is 508 g/mol. The monoisotopic (exact) mass is 546 g/mol. The van der Waals surface area contributed by atoms with Crippen molar-refractivity contribution in [3.05, 3.63) is 90.0 Å². The molecule has 40 heavy (non-hydrogen) atoms. The van der Waals surface area contributed by atoms with Gasteiger partial charge in [0.05, 0.1) is 18.6 Å². The first-order chi connectivity index (χ1) is 19.5. The highest BCUT2D eigenvalue weighted by molar-refractivity contribution is 5.89. The number of hydrogen-bond acceptors (Lipinski definition) is 6. The molecule has 1 aliphatic rings. The number of likely N-dealkylation sites (N-methyl/N-ethyl adjacent to an activating group) is 1. The molecule has 0 bridgehead atoms. The van der Waals surface area contributed by atoms with Gasteiger partial charge in [-0.1, -0.05) is 67.1 Å². The largest absolute Gasteiger partial charge is 0.445 e. The summed E-state index contributed by atoms with van der Waals surface area (Å²) >= 11 is 0.